The highest BCUT2D eigenvalue weighted by Gasteiger charge is 2.14. The highest BCUT2D eigenvalue weighted by Crippen LogP contribution is 2.29. The van der Waals surface area contributed by atoms with Crippen LogP contribution in [-0.4, -0.2) is 18.7 Å². The quantitative estimate of drug-likeness (QED) is 0.406. The van der Waals surface area contributed by atoms with E-state index in [-0.39, 0.29) is 5.84 Å². The zero-order valence-corrected chi connectivity index (χ0v) is 13.6. The van der Waals surface area contributed by atoms with Gasteiger partial charge in [0.1, 0.15) is 11.6 Å². The van der Waals surface area contributed by atoms with E-state index in [4.69, 9.17) is 15.9 Å². The van der Waals surface area contributed by atoms with Crippen LogP contribution in [0.1, 0.15) is 45.1 Å². The fraction of sp³-hybridized carbons (Fsp3) is 0.562. The maximum atomic E-state index is 7.75. The van der Waals surface area contributed by atoms with Gasteiger partial charge in [0.15, 0.2) is 0 Å². The molecule has 0 heterocycles. The third kappa shape index (κ3) is 4.75. The average Bonchev–Trinajstić information content (AvgIpc) is 2.46. The molecule has 0 fully saturated rings. The van der Waals surface area contributed by atoms with Crippen molar-refractivity contribution in [1.82, 2.24) is 0 Å². The molecule has 1 unspecified atom stereocenters. The number of nitrogens with two attached hydrogens (primary N) is 1. The predicted octanol–water partition coefficient (Wildman–Crippen LogP) is 4.29. The summed E-state index contributed by atoms with van der Waals surface area (Å²) in [4.78, 5) is 0.997. The standard InChI is InChI=1S/C16H26N2OS/c1-4-6-8-12(5-2)11-19-13-9-7-10-14(20-3)15(13)16(17)18/h7,9-10,12H,4-6,8,11H2,1-3H3,(H3,17,18). The van der Waals surface area contributed by atoms with Crippen molar-refractivity contribution in [2.75, 3.05) is 12.9 Å². The van der Waals surface area contributed by atoms with Crippen molar-refractivity contribution >= 4 is 17.6 Å². The fourth-order valence-corrected chi connectivity index (χ4v) is 2.80. The number of hydrogen-bond donors (Lipinski definition) is 2. The summed E-state index contributed by atoms with van der Waals surface area (Å²) in [5.74, 6) is 1.39. The Balaban J connectivity index is 2.78. The van der Waals surface area contributed by atoms with Crippen molar-refractivity contribution in [1.29, 1.82) is 5.41 Å². The molecule has 0 aliphatic heterocycles. The van der Waals surface area contributed by atoms with Crippen LogP contribution in [0, 0.1) is 11.3 Å². The second kappa shape index (κ2) is 8.90. The van der Waals surface area contributed by atoms with Crippen molar-refractivity contribution in [2.45, 2.75) is 44.4 Å². The zero-order chi connectivity index (χ0) is 15.0. The van der Waals surface area contributed by atoms with E-state index in [2.05, 4.69) is 13.8 Å². The van der Waals surface area contributed by atoms with Gasteiger partial charge >= 0.3 is 0 Å². The molecule has 1 atom stereocenters. The van der Waals surface area contributed by atoms with Crippen molar-refractivity contribution in [3.8, 4) is 5.75 Å². The van der Waals surface area contributed by atoms with Crippen molar-refractivity contribution in [3.63, 3.8) is 0 Å². The van der Waals surface area contributed by atoms with Gasteiger partial charge in [-0.1, -0.05) is 39.2 Å². The molecular weight excluding hydrogens is 268 g/mol. The van der Waals surface area contributed by atoms with Gasteiger partial charge in [-0.05, 0) is 30.7 Å². The van der Waals surface area contributed by atoms with E-state index in [1.165, 1.54) is 19.3 Å². The second-order valence-corrected chi connectivity index (χ2v) is 5.82. The molecule has 4 heteroatoms. The minimum atomic E-state index is 0.0755. The number of unbranched alkanes of at least 4 members (excludes halogenated alkanes) is 1. The molecule has 0 saturated carbocycles. The second-order valence-electron chi connectivity index (χ2n) is 4.97. The van der Waals surface area contributed by atoms with Crippen LogP contribution >= 0.6 is 11.8 Å². The number of amidine groups is 1. The lowest BCUT2D eigenvalue weighted by molar-refractivity contribution is 0.232. The van der Waals surface area contributed by atoms with Gasteiger partial charge in [0.2, 0.25) is 0 Å². The summed E-state index contributed by atoms with van der Waals surface area (Å²) in [5.41, 5.74) is 6.43. The Morgan fingerprint density at radius 2 is 2.15 bits per heavy atom. The molecular formula is C16H26N2OS. The largest absolute Gasteiger partial charge is 0.492 e. The highest BCUT2D eigenvalue weighted by molar-refractivity contribution is 7.98. The minimum Gasteiger partial charge on any atom is -0.492 e. The first-order valence-corrected chi connectivity index (χ1v) is 8.50. The lowest BCUT2D eigenvalue weighted by atomic mass is 10.0. The Bertz CT molecular complexity index is 434. The van der Waals surface area contributed by atoms with Gasteiger partial charge in [-0.15, -0.1) is 11.8 Å². The number of hydrogen-bond acceptors (Lipinski definition) is 3. The molecule has 3 N–H and O–H groups in total. The first-order chi connectivity index (χ1) is 9.63. The number of nitrogen functional groups attached to an aromatic ring is 1. The molecule has 112 valence electrons. The number of thioether (sulfide) groups is 1. The van der Waals surface area contributed by atoms with Crippen LogP contribution in [0.5, 0.6) is 5.75 Å². The summed E-state index contributed by atoms with van der Waals surface area (Å²) in [6.07, 6.45) is 6.77. The van der Waals surface area contributed by atoms with Crippen molar-refractivity contribution in [3.05, 3.63) is 23.8 Å². The fourth-order valence-electron chi connectivity index (χ4n) is 2.17. The van der Waals surface area contributed by atoms with Gasteiger partial charge in [0.05, 0.1) is 12.2 Å². The smallest absolute Gasteiger partial charge is 0.131 e. The summed E-state index contributed by atoms with van der Waals surface area (Å²) < 4.78 is 5.96. The van der Waals surface area contributed by atoms with Crippen LogP contribution in [-0.2, 0) is 0 Å². The van der Waals surface area contributed by atoms with Crippen LogP contribution in [0.3, 0.4) is 0 Å². The molecule has 1 rings (SSSR count). The van der Waals surface area contributed by atoms with E-state index in [1.54, 1.807) is 11.8 Å². The van der Waals surface area contributed by atoms with Gasteiger partial charge in [-0.3, -0.25) is 5.41 Å². The monoisotopic (exact) mass is 294 g/mol. The summed E-state index contributed by atoms with van der Waals surface area (Å²) in [6, 6.07) is 5.84. The molecule has 0 radical (unpaired) electrons. The van der Waals surface area contributed by atoms with E-state index in [1.807, 2.05) is 24.5 Å². The Morgan fingerprint density at radius 1 is 1.40 bits per heavy atom. The molecule has 0 amide bonds. The zero-order valence-electron chi connectivity index (χ0n) is 12.7. The van der Waals surface area contributed by atoms with Gasteiger partial charge in [0, 0.05) is 4.90 Å². The highest BCUT2D eigenvalue weighted by atomic mass is 32.2. The van der Waals surface area contributed by atoms with E-state index in [9.17, 15) is 0 Å². The first-order valence-electron chi connectivity index (χ1n) is 7.28. The number of ether oxygens (including phenoxy) is 1. The van der Waals surface area contributed by atoms with Crippen LogP contribution in [0.15, 0.2) is 23.1 Å². The predicted molar refractivity (Wildman–Crippen MR) is 88.0 cm³/mol. The number of nitrogens with one attached hydrogen (secondary N) is 1. The van der Waals surface area contributed by atoms with Crippen LogP contribution < -0.4 is 10.5 Å². The topological polar surface area (TPSA) is 59.1 Å². The Morgan fingerprint density at radius 3 is 2.70 bits per heavy atom. The number of rotatable bonds is 9. The van der Waals surface area contributed by atoms with E-state index in [0.29, 0.717) is 12.5 Å². The van der Waals surface area contributed by atoms with Crippen LogP contribution in [0.2, 0.25) is 0 Å². The molecule has 0 spiro atoms. The van der Waals surface area contributed by atoms with Gasteiger partial charge in [-0.25, -0.2) is 0 Å². The van der Waals surface area contributed by atoms with Gasteiger partial charge < -0.3 is 10.5 Å². The maximum absolute atomic E-state index is 7.75. The molecule has 0 saturated heterocycles. The summed E-state index contributed by atoms with van der Waals surface area (Å²) in [6.45, 7) is 5.12. The SMILES string of the molecule is CCCCC(CC)COc1cccc(SC)c1C(=N)N. The number of benzene rings is 1. The van der Waals surface area contributed by atoms with Crippen molar-refractivity contribution in [2.24, 2.45) is 11.7 Å². The van der Waals surface area contributed by atoms with Crippen LogP contribution in [0.25, 0.3) is 0 Å². The van der Waals surface area contributed by atoms with Crippen molar-refractivity contribution < 1.29 is 4.74 Å². The normalized spacial score (nSPS) is 12.2. The molecule has 1 aromatic rings. The third-order valence-electron chi connectivity index (χ3n) is 3.50. The van der Waals surface area contributed by atoms with Gasteiger partial charge in [0.25, 0.3) is 0 Å². The Kier molecular flexibility index (Phi) is 7.52. The Labute approximate surface area is 126 Å². The minimum absolute atomic E-state index is 0.0755. The molecule has 0 bridgehead atoms. The molecule has 0 aliphatic rings. The summed E-state index contributed by atoms with van der Waals surface area (Å²) in [5, 5.41) is 7.75. The average molecular weight is 294 g/mol. The third-order valence-corrected chi connectivity index (χ3v) is 4.28. The molecule has 1 aromatic carbocycles. The van der Waals surface area contributed by atoms with E-state index < -0.39 is 0 Å². The maximum Gasteiger partial charge on any atom is 0.131 e. The molecule has 3 nitrogen and oxygen atoms in total. The molecule has 0 aromatic heterocycles. The summed E-state index contributed by atoms with van der Waals surface area (Å²) in [7, 11) is 0. The van der Waals surface area contributed by atoms with E-state index >= 15 is 0 Å². The van der Waals surface area contributed by atoms with Crippen LogP contribution in [0.4, 0.5) is 0 Å². The molecule has 0 aliphatic carbocycles. The Hall–Kier alpha value is -1.16. The summed E-state index contributed by atoms with van der Waals surface area (Å²) >= 11 is 1.59. The van der Waals surface area contributed by atoms with E-state index in [0.717, 1.165) is 22.6 Å². The van der Waals surface area contributed by atoms with Gasteiger partial charge in [-0.2, -0.15) is 0 Å². The lowest BCUT2D eigenvalue weighted by Crippen LogP contribution is -2.17. The molecule has 20 heavy (non-hydrogen) atoms. The lowest BCUT2D eigenvalue weighted by Gasteiger charge is -2.18. The first kappa shape index (κ1) is 16.9.